The van der Waals surface area contributed by atoms with Crippen molar-refractivity contribution in [2.24, 2.45) is 0 Å². The molecule has 0 amide bonds. The maximum absolute atomic E-state index is 12.4. The lowest BCUT2D eigenvalue weighted by Gasteiger charge is -2.17. The van der Waals surface area contributed by atoms with Gasteiger partial charge in [-0.15, -0.1) is 0 Å². The number of rotatable bonds is 6. The molecule has 22 heavy (non-hydrogen) atoms. The molecule has 0 saturated heterocycles. The standard InChI is InChI=1S/C14H13BrN2O4S/c15-11-3-5-12(6-4-11)22(20,21)17-13(8-14(18)19)10-2-1-7-16-9-10/h1-7,9,13,17H,8H2,(H,18,19)/t13-/m1/s1. The van der Waals surface area contributed by atoms with Crippen LogP contribution < -0.4 is 4.72 Å². The number of hydrogen-bond donors (Lipinski definition) is 2. The smallest absolute Gasteiger partial charge is 0.305 e. The van der Waals surface area contributed by atoms with Crippen LogP contribution in [-0.4, -0.2) is 24.5 Å². The Morgan fingerprint density at radius 2 is 1.95 bits per heavy atom. The summed E-state index contributed by atoms with van der Waals surface area (Å²) in [6.45, 7) is 0. The molecule has 0 unspecified atom stereocenters. The molecule has 0 fully saturated rings. The van der Waals surface area contributed by atoms with E-state index in [0.29, 0.717) is 5.56 Å². The van der Waals surface area contributed by atoms with Crippen molar-refractivity contribution in [1.82, 2.24) is 9.71 Å². The van der Waals surface area contributed by atoms with Gasteiger partial charge in [-0.1, -0.05) is 22.0 Å². The van der Waals surface area contributed by atoms with Crippen molar-refractivity contribution < 1.29 is 18.3 Å². The number of carboxylic acid groups (broad SMARTS) is 1. The molecule has 0 aliphatic carbocycles. The van der Waals surface area contributed by atoms with Gasteiger partial charge in [0.1, 0.15) is 0 Å². The molecule has 6 nitrogen and oxygen atoms in total. The molecule has 1 aromatic heterocycles. The maximum atomic E-state index is 12.4. The highest BCUT2D eigenvalue weighted by atomic mass is 79.9. The maximum Gasteiger partial charge on any atom is 0.305 e. The molecule has 0 saturated carbocycles. The average molecular weight is 385 g/mol. The molecule has 1 atom stereocenters. The van der Waals surface area contributed by atoms with Crippen molar-refractivity contribution in [3.63, 3.8) is 0 Å². The minimum Gasteiger partial charge on any atom is -0.481 e. The Labute approximate surface area is 136 Å². The number of sulfonamides is 1. The molecule has 1 heterocycles. The number of halogens is 1. The second-order valence-electron chi connectivity index (χ2n) is 4.51. The normalized spacial score (nSPS) is 12.8. The first-order valence-electron chi connectivity index (χ1n) is 6.28. The molecule has 8 heteroatoms. The lowest BCUT2D eigenvalue weighted by Crippen LogP contribution is -2.30. The first kappa shape index (κ1) is 16.6. The minimum atomic E-state index is -3.83. The highest BCUT2D eigenvalue weighted by Crippen LogP contribution is 2.21. The fraction of sp³-hybridized carbons (Fsp3) is 0.143. The number of aromatic nitrogens is 1. The van der Waals surface area contributed by atoms with E-state index in [4.69, 9.17) is 5.11 Å². The van der Waals surface area contributed by atoms with Crippen LogP contribution in [0.4, 0.5) is 0 Å². The third-order valence-corrected chi connectivity index (χ3v) is 4.90. The van der Waals surface area contributed by atoms with Gasteiger partial charge in [0.2, 0.25) is 10.0 Å². The summed E-state index contributed by atoms with van der Waals surface area (Å²) in [6, 6.07) is 8.44. The van der Waals surface area contributed by atoms with Gasteiger partial charge in [-0.2, -0.15) is 0 Å². The summed E-state index contributed by atoms with van der Waals surface area (Å²) in [7, 11) is -3.83. The SMILES string of the molecule is O=C(O)C[C@@H](NS(=O)(=O)c1ccc(Br)cc1)c1cccnc1. The molecule has 2 aromatic rings. The summed E-state index contributed by atoms with van der Waals surface area (Å²) in [6.07, 6.45) is 2.60. The summed E-state index contributed by atoms with van der Waals surface area (Å²) in [4.78, 5) is 14.9. The summed E-state index contributed by atoms with van der Waals surface area (Å²) >= 11 is 3.23. The molecule has 0 bridgehead atoms. The van der Waals surface area contributed by atoms with Crippen molar-refractivity contribution in [2.75, 3.05) is 0 Å². The Morgan fingerprint density at radius 3 is 2.50 bits per heavy atom. The largest absolute Gasteiger partial charge is 0.481 e. The first-order chi connectivity index (χ1) is 10.4. The zero-order valence-corrected chi connectivity index (χ0v) is 13.7. The number of hydrogen-bond acceptors (Lipinski definition) is 4. The van der Waals surface area contributed by atoms with Gasteiger partial charge in [0, 0.05) is 16.9 Å². The van der Waals surface area contributed by atoms with Gasteiger partial charge in [0.15, 0.2) is 0 Å². The average Bonchev–Trinajstić information content (AvgIpc) is 2.47. The topological polar surface area (TPSA) is 96.4 Å². The molecule has 2 rings (SSSR count). The van der Waals surface area contributed by atoms with E-state index in [2.05, 4.69) is 25.6 Å². The van der Waals surface area contributed by atoms with Crippen LogP contribution in [0.25, 0.3) is 0 Å². The van der Waals surface area contributed by atoms with Crippen LogP contribution in [0.2, 0.25) is 0 Å². The fourth-order valence-electron chi connectivity index (χ4n) is 1.85. The predicted octanol–water partition coefficient (Wildman–Crippen LogP) is 2.34. The molecule has 0 spiro atoms. The van der Waals surface area contributed by atoms with Gasteiger partial charge in [0.25, 0.3) is 0 Å². The highest BCUT2D eigenvalue weighted by molar-refractivity contribution is 9.10. The predicted molar refractivity (Wildman–Crippen MR) is 83.7 cm³/mol. The van der Waals surface area contributed by atoms with Crippen LogP contribution in [0, 0.1) is 0 Å². The van der Waals surface area contributed by atoms with Crippen LogP contribution >= 0.6 is 15.9 Å². The number of carbonyl (C=O) groups is 1. The van der Waals surface area contributed by atoms with E-state index in [9.17, 15) is 13.2 Å². The highest BCUT2D eigenvalue weighted by Gasteiger charge is 2.23. The molecule has 0 radical (unpaired) electrons. The Bertz CT molecular complexity index is 748. The fourth-order valence-corrected chi connectivity index (χ4v) is 3.34. The first-order valence-corrected chi connectivity index (χ1v) is 8.56. The van der Waals surface area contributed by atoms with E-state index in [0.717, 1.165) is 4.47 Å². The van der Waals surface area contributed by atoms with E-state index in [1.165, 1.54) is 24.5 Å². The zero-order valence-electron chi connectivity index (χ0n) is 11.3. The summed E-state index contributed by atoms with van der Waals surface area (Å²) in [5, 5.41) is 8.99. The molecule has 0 aliphatic rings. The molecular formula is C14H13BrN2O4S. The van der Waals surface area contributed by atoms with Crippen molar-refractivity contribution in [2.45, 2.75) is 17.4 Å². The second kappa shape index (κ2) is 6.99. The Hall–Kier alpha value is -1.77. The lowest BCUT2D eigenvalue weighted by atomic mass is 10.1. The Balaban J connectivity index is 2.30. The Morgan fingerprint density at radius 1 is 1.27 bits per heavy atom. The summed E-state index contributed by atoms with van der Waals surface area (Å²) in [5.74, 6) is -1.10. The molecule has 1 aromatic carbocycles. The summed E-state index contributed by atoms with van der Waals surface area (Å²) < 4.78 is 27.9. The van der Waals surface area contributed by atoms with Crippen LogP contribution in [0.5, 0.6) is 0 Å². The number of benzene rings is 1. The van der Waals surface area contributed by atoms with E-state index in [1.807, 2.05) is 0 Å². The van der Waals surface area contributed by atoms with Gasteiger partial charge in [-0.25, -0.2) is 13.1 Å². The minimum absolute atomic E-state index is 0.0648. The van der Waals surface area contributed by atoms with Gasteiger partial charge in [-0.3, -0.25) is 9.78 Å². The zero-order chi connectivity index (χ0) is 16.2. The van der Waals surface area contributed by atoms with Gasteiger partial charge in [-0.05, 0) is 35.9 Å². The van der Waals surface area contributed by atoms with Crippen molar-refractivity contribution in [3.8, 4) is 0 Å². The van der Waals surface area contributed by atoms with Gasteiger partial charge >= 0.3 is 5.97 Å². The molecule has 0 aliphatic heterocycles. The van der Waals surface area contributed by atoms with E-state index < -0.39 is 22.0 Å². The molecule has 2 N–H and O–H groups in total. The Kier molecular flexibility index (Phi) is 5.28. The van der Waals surface area contributed by atoms with E-state index in [-0.39, 0.29) is 11.3 Å². The second-order valence-corrected chi connectivity index (χ2v) is 7.14. The third kappa shape index (κ3) is 4.36. The number of carboxylic acids is 1. The lowest BCUT2D eigenvalue weighted by molar-refractivity contribution is -0.137. The van der Waals surface area contributed by atoms with Gasteiger partial charge in [0.05, 0.1) is 17.4 Å². The third-order valence-electron chi connectivity index (χ3n) is 2.89. The monoisotopic (exact) mass is 384 g/mol. The van der Waals surface area contributed by atoms with Gasteiger partial charge < -0.3 is 5.11 Å². The van der Waals surface area contributed by atoms with Crippen LogP contribution in [0.1, 0.15) is 18.0 Å². The van der Waals surface area contributed by atoms with Crippen LogP contribution in [-0.2, 0) is 14.8 Å². The van der Waals surface area contributed by atoms with Crippen molar-refractivity contribution in [3.05, 3.63) is 58.8 Å². The van der Waals surface area contributed by atoms with Crippen LogP contribution in [0.3, 0.4) is 0 Å². The summed E-state index contributed by atoms with van der Waals surface area (Å²) in [5.41, 5.74) is 0.491. The molecule has 116 valence electrons. The van der Waals surface area contributed by atoms with Crippen molar-refractivity contribution >= 4 is 31.9 Å². The van der Waals surface area contributed by atoms with Crippen LogP contribution in [0.15, 0.2) is 58.2 Å². The number of nitrogens with one attached hydrogen (secondary N) is 1. The van der Waals surface area contributed by atoms with E-state index >= 15 is 0 Å². The quantitative estimate of drug-likeness (QED) is 0.796. The van der Waals surface area contributed by atoms with E-state index in [1.54, 1.807) is 24.3 Å². The van der Waals surface area contributed by atoms with Crippen molar-refractivity contribution in [1.29, 1.82) is 0 Å². The number of nitrogens with zero attached hydrogens (tertiary/aromatic N) is 1. The number of aliphatic carboxylic acids is 1. The number of pyridine rings is 1. The molecular weight excluding hydrogens is 372 g/mol.